The van der Waals surface area contributed by atoms with E-state index in [0.29, 0.717) is 13.1 Å². The molecule has 120 valence electrons. The molecule has 0 amide bonds. The van der Waals surface area contributed by atoms with Crippen LogP contribution in [0.15, 0.2) is 17.2 Å². The van der Waals surface area contributed by atoms with Gasteiger partial charge in [-0.1, -0.05) is 27.7 Å². The van der Waals surface area contributed by atoms with Gasteiger partial charge in [-0.25, -0.2) is 17.9 Å². The van der Waals surface area contributed by atoms with Crippen LogP contribution in [0, 0.1) is 11.3 Å². The summed E-state index contributed by atoms with van der Waals surface area (Å²) < 4.78 is 28.5. The first-order chi connectivity index (χ1) is 9.49. The first kappa shape index (κ1) is 17.7. The summed E-state index contributed by atoms with van der Waals surface area (Å²) in [4.78, 5) is 11.1. The van der Waals surface area contributed by atoms with Crippen molar-refractivity contribution in [1.82, 2.24) is 9.29 Å². The summed E-state index contributed by atoms with van der Waals surface area (Å²) in [6.45, 7) is 10.6. The van der Waals surface area contributed by atoms with Gasteiger partial charge >= 0.3 is 5.97 Å². The van der Waals surface area contributed by atoms with E-state index in [-0.39, 0.29) is 21.9 Å². The van der Waals surface area contributed by atoms with E-state index in [2.05, 4.69) is 4.72 Å². The van der Waals surface area contributed by atoms with Gasteiger partial charge in [0.25, 0.3) is 0 Å². The predicted octanol–water partition coefficient (Wildman–Crippen LogP) is 2.17. The first-order valence-corrected chi connectivity index (χ1v) is 8.40. The Morgan fingerprint density at radius 3 is 2.38 bits per heavy atom. The number of carboxylic acids is 1. The molecule has 6 nitrogen and oxygen atoms in total. The van der Waals surface area contributed by atoms with Crippen LogP contribution in [0.5, 0.6) is 0 Å². The number of aromatic carboxylic acids is 1. The summed E-state index contributed by atoms with van der Waals surface area (Å²) >= 11 is 0. The maximum absolute atomic E-state index is 12.3. The average molecular weight is 316 g/mol. The smallest absolute Gasteiger partial charge is 0.352 e. The van der Waals surface area contributed by atoms with Gasteiger partial charge in [0.05, 0.1) is 0 Å². The standard InChI is InChI=1S/C14H24N2O4S/c1-6-16-9-11(7-12(16)13(17)18)21(19,20)15-8-10(2)14(3,4)5/h7,9-10,15H,6,8H2,1-5H3,(H,17,18). The van der Waals surface area contributed by atoms with E-state index < -0.39 is 16.0 Å². The lowest BCUT2D eigenvalue weighted by molar-refractivity contribution is 0.0685. The monoisotopic (exact) mass is 316 g/mol. The largest absolute Gasteiger partial charge is 0.477 e. The number of carbonyl (C=O) groups is 1. The van der Waals surface area contributed by atoms with E-state index >= 15 is 0 Å². The Morgan fingerprint density at radius 2 is 2.00 bits per heavy atom. The molecule has 0 spiro atoms. The average Bonchev–Trinajstić information content (AvgIpc) is 2.79. The summed E-state index contributed by atoms with van der Waals surface area (Å²) in [5.74, 6) is -0.985. The molecular formula is C14H24N2O4S. The Bertz CT molecular complexity index is 611. The molecule has 21 heavy (non-hydrogen) atoms. The van der Waals surface area contributed by atoms with Gasteiger partial charge in [0.15, 0.2) is 0 Å². The molecule has 1 atom stereocenters. The predicted molar refractivity (Wildman–Crippen MR) is 80.9 cm³/mol. The highest BCUT2D eigenvalue weighted by Gasteiger charge is 2.24. The third-order valence-corrected chi connectivity index (χ3v) is 5.19. The van der Waals surface area contributed by atoms with Crippen molar-refractivity contribution >= 4 is 16.0 Å². The van der Waals surface area contributed by atoms with Gasteiger partial charge in [-0.05, 0) is 24.3 Å². The van der Waals surface area contributed by atoms with Gasteiger partial charge in [0.2, 0.25) is 10.0 Å². The van der Waals surface area contributed by atoms with Crippen LogP contribution < -0.4 is 4.72 Å². The van der Waals surface area contributed by atoms with Crippen molar-refractivity contribution in [3.05, 3.63) is 18.0 Å². The fourth-order valence-corrected chi connectivity index (χ4v) is 2.86. The van der Waals surface area contributed by atoms with E-state index in [1.54, 1.807) is 6.92 Å². The highest BCUT2D eigenvalue weighted by Crippen LogP contribution is 2.25. The zero-order chi connectivity index (χ0) is 16.4. The number of sulfonamides is 1. The highest BCUT2D eigenvalue weighted by molar-refractivity contribution is 7.89. The molecule has 0 aromatic carbocycles. The number of nitrogens with one attached hydrogen (secondary N) is 1. The van der Waals surface area contributed by atoms with Crippen molar-refractivity contribution in [3.8, 4) is 0 Å². The van der Waals surface area contributed by atoms with Crippen molar-refractivity contribution in [2.45, 2.75) is 46.1 Å². The quantitative estimate of drug-likeness (QED) is 0.842. The lowest BCUT2D eigenvalue weighted by Crippen LogP contribution is -2.33. The van der Waals surface area contributed by atoms with Crippen LogP contribution >= 0.6 is 0 Å². The number of aryl methyl sites for hydroxylation is 1. The molecule has 1 unspecified atom stereocenters. The van der Waals surface area contributed by atoms with E-state index in [9.17, 15) is 13.2 Å². The van der Waals surface area contributed by atoms with Crippen molar-refractivity contribution in [1.29, 1.82) is 0 Å². The Morgan fingerprint density at radius 1 is 1.43 bits per heavy atom. The molecule has 1 aromatic heterocycles. The third kappa shape index (κ3) is 4.31. The van der Waals surface area contributed by atoms with E-state index in [1.807, 2.05) is 27.7 Å². The van der Waals surface area contributed by atoms with Gasteiger partial charge in [0, 0.05) is 19.3 Å². The number of carboxylic acid groups (broad SMARTS) is 1. The molecular weight excluding hydrogens is 292 g/mol. The van der Waals surface area contributed by atoms with Gasteiger partial charge in [-0.3, -0.25) is 0 Å². The lowest BCUT2D eigenvalue weighted by Gasteiger charge is -2.27. The highest BCUT2D eigenvalue weighted by atomic mass is 32.2. The Kier molecular flexibility index (Phi) is 5.22. The minimum atomic E-state index is -3.70. The molecule has 0 aliphatic rings. The maximum atomic E-state index is 12.3. The Labute approximate surface area is 126 Å². The third-order valence-electron chi connectivity index (χ3n) is 3.80. The molecule has 1 aromatic rings. The number of rotatable bonds is 6. The van der Waals surface area contributed by atoms with Crippen molar-refractivity contribution < 1.29 is 18.3 Å². The second-order valence-corrected chi connectivity index (χ2v) is 8.04. The Balaban J connectivity index is 2.96. The van der Waals surface area contributed by atoms with Gasteiger partial charge < -0.3 is 9.67 Å². The van der Waals surface area contributed by atoms with Crippen LogP contribution in [0.4, 0.5) is 0 Å². The molecule has 0 aliphatic carbocycles. The molecule has 0 bridgehead atoms. The van der Waals surface area contributed by atoms with E-state index in [1.165, 1.54) is 16.8 Å². The second kappa shape index (κ2) is 6.19. The molecule has 0 saturated heterocycles. The maximum Gasteiger partial charge on any atom is 0.352 e. The molecule has 1 rings (SSSR count). The minimum Gasteiger partial charge on any atom is -0.477 e. The zero-order valence-electron chi connectivity index (χ0n) is 13.2. The van der Waals surface area contributed by atoms with Gasteiger partial charge in [-0.15, -0.1) is 0 Å². The summed E-state index contributed by atoms with van der Waals surface area (Å²) in [7, 11) is -3.70. The van der Waals surface area contributed by atoms with Crippen LogP contribution in [0.3, 0.4) is 0 Å². The van der Waals surface area contributed by atoms with Crippen LogP contribution in [0.25, 0.3) is 0 Å². The second-order valence-electron chi connectivity index (χ2n) is 6.27. The van der Waals surface area contributed by atoms with Gasteiger partial charge in [-0.2, -0.15) is 0 Å². The fraction of sp³-hybridized carbons (Fsp3) is 0.643. The Hall–Kier alpha value is -1.34. The number of nitrogens with zero attached hydrogens (tertiary/aromatic N) is 1. The first-order valence-electron chi connectivity index (χ1n) is 6.92. The zero-order valence-corrected chi connectivity index (χ0v) is 14.0. The summed E-state index contributed by atoms with van der Waals surface area (Å²) in [5, 5.41) is 9.06. The van der Waals surface area contributed by atoms with Crippen molar-refractivity contribution in [3.63, 3.8) is 0 Å². The van der Waals surface area contributed by atoms with Crippen LogP contribution in [0.1, 0.15) is 45.1 Å². The molecule has 7 heteroatoms. The van der Waals surface area contributed by atoms with E-state index in [4.69, 9.17) is 5.11 Å². The molecule has 0 aliphatic heterocycles. The fourth-order valence-electron chi connectivity index (χ4n) is 1.70. The SMILES string of the molecule is CCn1cc(S(=O)(=O)NCC(C)C(C)(C)C)cc1C(=O)O. The molecule has 1 heterocycles. The molecule has 0 saturated carbocycles. The summed E-state index contributed by atoms with van der Waals surface area (Å²) in [6.07, 6.45) is 1.35. The lowest BCUT2D eigenvalue weighted by atomic mass is 9.82. The number of hydrogen-bond acceptors (Lipinski definition) is 3. The number of aromatic nitrogens is 1. The van der Waals surface area contributed by atoms with Gasteiger partial charge in [0.1, 0.15) is 10.6 Å². The topological polar surface area (TPSA) is 88.4 Å². The van der Waals surface area contributed by atoms with Crippen LogP contribution in [-0.4, -0.2) is 30.6 Å². The minimum absolute atomic E-state index is 0.00983. The molecule has 0 fully saturated rings. The van der Waals surface area contributed by atoms with E-state index in [0.717, 1.165) is 0 Å². The van der Waals surface area contributed by atoms with Crippen molar-refractivity contribution in [2.24, 2.45) is 11.3 Å². The van der Waals surface area contributed by atoms with Crippen molar-refractivity contribution in [2.75, 3.05) is 6.54 Å². The molecule has 2 N–H and O–H groups in total. The number of hydrogen-bond donors (Lipinski definition) is 2. The molecule has 0 radical (unpaired) electrons. The van der Waals surface area contributed by atoms with Crippen LogP contribution in [-0.2, 0) is 16.6 Å². The summed E-state index contributed by atoms with van der Waals surface area (Å²) in [5.41, 5.74) is -0.0360. The summed E-state index contributed by atoms with van der Waals surface area (Å²) in [6, 6.07) is 1.19. The normalized spacial score (nSPS) is 14.1. The van der Waals surface area contributed by atoms with Crippen LogP contribution in [0.2, 0.25) is 0 Å².